The van der Waals surface area contributed by atoms with Gasteiger partial charge in [0.05, 0.1) is 24.2 Å². The minimum atomic E-state index is -3.57. The van der Waals surface area contributed by atoms with E-state index in [4.69, 9.17) is 4.74 Å². The van der Waals surface area contributed by atoms with Crippen molar-refractivity contribution in [2.24, 2.45) is 0 Å². The third kappa shape index (κ3) is 5.13. The molecule has 1 saturated heterocycles. The van der Waals surface area contributed by atoms with Crippen molar-refractivity contribution in [2.75, 3.05) is 32.8 Å². The lowest BCUT2D eigenvalue weighted by molar-refractivity contribution is 0.0171. The maximum atomic E-state index is 12.8. The minimum absolute atomic E-state index is 0.0766. The number of nitrogens with one attached hydrogen (secondary N) is 1. The molecule has 3 rings (SSSR count). The molecule has 7 heteroatoms. The molecule has 1 aliphatic heterocycles. The predicted octanol–water partition coefficient (Wildman–Crippen LogP) is 2.56. The first-order valence-corrected chi connectivity index (χ1v) is 10.8. The molecule has 2 aromatic rings. The molecule has 0 saturated carbocycles. The molecule has 1 N–H and O–H groups in total. The van der Waals surface area contributed by atoms with Gasteiger partial charge >= 0.3 is 0 Å². The molecule has 1 unspecified atom stereocenters. The Morgan fingerprint density at radius 2 is 1.81 bits per heavy atom. The van der Waals surface area contributed by atoms with Gasteiger partial charge in [0.2, 0.25) is 10.0 Å². The summed E-state index contributed by atoms with van der Waals surface area (Å²) in [5, 5.41) is 0. The molecular formula is C20H27N3O3S. The number of ether oxygens (including phenoxy) is 1. The number of sulfonamides is 1. The second-order valence-corrected chi connectivity index (χ2v) is 8.79. The van der Waals surface area contributed by atoms with E-state index in [1.807, 2.05) is 24.3 Å². The van der Waals surface area contributed by atoms with Crippen LogP contribution in [0.4, 0.5) is 0 Å². The highest BCUT2D eigenvalue weighted by molar-refractivity contribution is 7.89. The van der Waals surface area contributed by atoms with Crippen LogP contribution in [0.5, 0.6) is 0 Å². The topological polar surface area (TPSA) is 71.5 Å². The lowest BCUT2D eigenvalue weighted by atomic mass is 10.0. The fraction of sp³-hybridized carbons (Fsp3) is 0.450. The van der Waals surface area contributed by atoms with Gasteiger partial charge in [-0.15, -0.1) is 0 Å². The van der Waals surface area contributed by atoms with E-state index >= 15 is 0 Å². The van der Waals surface area contributed by atoms with E-state index in [-0.39, 0.29) is 6.04 Å². The molecule has 1 atom stereocenters. The van der Waals surface area contributed by atoms with Crippen LogP contribution in [0, 0.1) is 0 Å². The maximum Gasteiger partial charge on any atom is 0.240 e. The Labute approximate surface area is 161 Å². The number of benzene rings is 1. The standard InChI is InChI=1S/C20H27N3O3S/c1-16(2)17-5-7-19(8-6-17)27(24,25)22-15-20(18-4-3-9-21-14-18)23-10-12-26-13-11-23/h3-9,14,16,20,22H,10-13,15H2,1-2H3. The second kappa shape index (κ2) is 8.93. The fourth-order valence-corrected chi connectivity index (χ4v) is 4.26. The van der Waals surface area contributed by atoms with Gasteiger partial charge in [0.15, 0.2) is 0 Å². The smallest absolute Gasteiger partial charge is 0.240 e. The first-order chi connectivity index (χ1) is 13.0. The number of pyridine rings is 1. The summed E-state index contributed by atoms with van der Waals surface area (Å²) < 4.78 is 33.7. The van der Waals surface area contributed by atoms with Gasteiger partial charge < -0.3 is 4.74 Å². The molecule has 0 aliphatic carbocycles. The lowest BCUT2D eigenvalue weighted by Crippen LogP contribution is -2.43. The monoisotopic (exact) mass is 389 g/mol. The van der Waals surface area contributed by atoms with Gasteiger partial charge in [0.1, 0.15) is 0 Å². The Morgan fingerprint density at radius 1 is 1.11 bits per heavy atom. The van der Waals surface area contributed by atoms with E-state index in [0.717, 1.165) is 24.2 Å². The van der Waals surface area contributed by atoms with Crippen LogP contribution in [0.3, 0.4) is 0 Å². The van der Waals surface area contributed by atoms with Gasteiger partial charge in [-0.05, 0) is 35.2 Å². The molecule has 0 bridgehead atoms. The minimum Gasteiger partial charge on any atom is -0.379 e. The summed E-state index contributed by atoms with van der Waals surface area (Å²) in [5.74, 6) is 0.367. The van der Waals surface area contributed by atoms with Crippen LogP contribution in [0.25, 0.3) is 0 Å². The van der Waals surface area contributed by atoms with E-state index in [9.17, 15) is 8.42 Å². The van der Waals surface area contributed by atoms with Crippen molar-refractivity contribution in [2.45, 2.75) is 30.7 Å². The number of morpholine rings is 1. The van der Waals surface area contributed by atoms with Crippen LogP contribution in [0.15, 0.2) is 53.7 Å². The normalized spacial score (nSPS) is 17.1. The Balaban J connectivity index is 1.75. The SMILES string of the molecule is CC(C)c1ccc(S(=O)(=O)NCC(c2cccnc2)N2CCOCC2)cc1. The van der Waals surface area contributed by atoms with Gasteiger partial charge in [-0.3, -0.25) is 9.88 Å². The van der Waals surface area contributed by atoms with E-state index in [1.165, 1.54) is 0 Å². The average molecular weight is 390 g/mol. The summed E-state index contributed by atoms with van der Waals surface area (Å²) in [5.41, 5.74) is 2.12. The molecular weight excluding hydrogens is 362 g/mol. The second-order valence-electron chi connectivity index (χ2n) is 7.03. The molecule has 0 amide bonds. The Bertz CT molecular complexity index is 817. The summed E-state index contributed by atoms with van der Waals surface area (Å²) in [4.78, 5) is 6.73. The molecule has 27 heavy (non-hydrogen) atoms. The fourth-order valence-electron chi connectivity index (χ4n) is 3.22. The highest BCUT2D eigenvalue weighted by atomic mass is 32.2. The molecule has 6 nitrogen and oxygen atoms in total. The predicted molar refractivity (Wildman–Crippen MR) is 105 cm³/mol. The van der Waals surface area contributed by atoms with Crippen molar-refractivity contribution in [3.8, 4) is 0 Å². The van der Waals surface area contributed by atoms with Crippen LogP contribution in [0.1, 0.15) is 36.9 Å². The zero-order chi connectivity index (χ0) is 19.3. The highest BCUT2D eigenvalue weighted by Crippen LogP contribution is 2.22. The van der Waals surface area contributed by atoms with E-state index in [0.29, 0.717) is 30.6 Å². The molecule has 1 aromatic carbocycles. The van der Waals surface area contributed by atoms with Crippen LogP contribution in [-0.2, 0) is 14.8 Å². The van der Waals surface area contributed by atoms with E-state index < -0.39 is 10.0 Å². The molecule has 1 fully saturated rings. The molecule has 0 radical (unpaired) electrons. The summed E-state index contributed by atoms with van der Waals surface area (Å²) in [6.45, 7) is 7.31. The van der Waals surface area contributed by atoms with Gasteiger partial charge in [-0.2, -0.15) is 0 Å². The van der Waals surface area contributed by atoms with E-state index in [2.05, 4.69) is 28.5 Å². The highest BCUT2D eigenvalue weighted by Gasteiger charge is 2.25. The summed E-state index contributed by atoms with van der Waals surface area (Å²) in [7, 11) is -3.57. The van der Waals surface area contributed by atoms with Gasteiger partial charge in [0.25, 0.3) is 0 Å². The third-order valence-corrected chi connectivity index (χ3v) is 6.32. The lowest BCUT2D eigenvalue weighted by Gasteiger charge is -2.34. The van der Waals surface area contributed by atoms with Crippen LogP contribution in [-0.4, -0.2) is 51.1 Å². The molecule has 2 heterocycles. The van der Waals surface area contributed by atoms with Crippen LogP contribution < -0.4 is 4.72 Å². The van der Waals surface area contributed by atoms with Crippen molar-refractivity contribution in [1.29, 1.82) is 0 Å². The summed E-state index contributed by atoms with van der Waals surface area (Å²) in [6.07, 6.45) is 3.52. The summed E-state index contributed by atoms with van der Waals surface area (Å²) in [6, 6.07) is 10.9. The van der Waals surface area contributed by atoms with Gasteiger partial charge in [-0.25, -0.2) is 13.1 Å². The quantitative estimate of drug-likeness (QED) is 0.788. The van der Waals surface area contributed by atoms with Crippen molar-refractivity contribution < 1.29 is 13.2 Å². The first kappa shape index (κ1) is 19.9. The van der Waals surface area contributed by atoms with Crippen LogP contribution in [0.2, 0.25) is 0 Å². The zero-order valence-corrected chi connectivity index (χ0v) is 16.7. The Morgan fingerprint density at radius 3 is 2.41 bits per heavy atom. The van der Waals surface area contributed by atoms with Crippen molar-refractivity contribution in [3.05, 3.63) is 59.9 Å². The van der Waals surface area contributed by atoms with Gasteiger partial charge in [-0.1, -0.05) is 32.0 Å². The van der Waals surface area contributed by atoms with Crippen LogP contribution >= 0.6 is 0 Å². The maximum absolute atomic E-state index is 12.8. The number of nitrogens with zero attached hydrogens (tertiary/aromatic N) is 2. The van der Waals surface area contributed by atoms with Crippen molar-refractivity contribution in [3.63, 3.8) is 0 Å². The molecule has 0 spiro atoms. The molecule has 1 aromatic heterocycles. The number of hydrogen-bond donors (Lipinski definition) is 1. The van der Waals surface area contributed by atoms with Crippen molar-refractivity contribution >= 4 is 10.0 Å². The first-order valence-electron chi connectivity index (χ1n) is 9.29. The number of aromatic nitrogens is 1. The number of hydrogen-bond acceptors (Lipinski definition) is 5. The van der Waals surface area contributed by atoms with Crippen molar-refractivity contribution in [1.82, 2.24) is 14.6 Å². The largest absolute Gasteiger partial charge is 0.379 e. The Hall–Kier alpha value is -1.80. The molecule has 146 valence electrons. The average Bonchev–Trinajstić information content (AvgIpc) is 2.70. The zero-order valence-electron chi connectivity index (χ0n) is 15.8. The Kier molecular flexibility index (Phi) is 6.59. The van der Waals surface area contributed by atoms with E-state index in [1.54, 1.807) is 24.5 Å². The molecule has 1 aliphatic rings. The van der Waals surface area contributed by atoms with Gasteiger partial charge in [0, 0.05) is 32.0 Å². The summed E-state index contributed by atoms with van der Waals surface area (Å²) >= 11 is 0. The number of rotatable bonds is 7. The third-order valence-electron chi connectivity index (χ3n) is 4.88.